The zero-order valence-corrected chi connectivity index (χ0v) is 12.2. The molecule has 0 radical (unpaired) electrons. The van der Waals surface area contributed by atoms with Crippen LogP contribution in [0.1, 0.15) is 18.6 Å². The molecule has 2 bridgehead atoms. The van der Waals surface area contributed by atoms with Gasteiger partial charge in [0.1, 0.15) is 17.1 Å². The van der Waals surface area contributed by atoms with E-state index >= 15 is 0 Å². The second-order valence-electron chi connectivity index (χ2n) is 6.26. The molecule has 2 aromatic rings. The summed E-state index contributed by atoms with van der Waals surface area (Å²) >= 11 is 0. The normalized spacial score (nSPS) is 25.9. The summed E-state index contributed by atoms with van der Waals surface area (Å²) in [4.78, 5) is 23.5. The summed E-state index contributed by atoms with van der Waals surface area (Å²) in [5, 5.41) is 6.19. The topological polar surface area (TPSA) is 71.3 Å². The molecule has 2 aliphatic rings. The zero-order valence-electron chi connectivity index (χ0n) is 12.2. The molecule has 1 aromatic carbocycles. The van der Waals surface area contributed by atoms with Crippen molar-refractivity contribution in [3.63, 3.8) is 0 Å². The minimum absolute atomic E-state index is 0.389. The highest BCUT2D eigenvalue weighted by atomic mass is 16.3. The molecular weight excluding hydrogens is 280 g/mol. The average molecular weight is 298 g/mol. The lowest BCUT2D eigenvalue weighted by Crippen LogP contribution is -2.38. The largest absolute Gasteiger partial charge is 0.467 e. The smallest absolute Gasteiger partial charge is 0.253 e. The lowest BCUT2D eigenvalue weighted by atomic mass is 9.93. The van der Waals surface area contributed by atoms with Crippen molar-refractivity contribution in [2.75, 3.05) is 17.2 Å². The Morgan fingerprint density at radius 1 is 1.09 bits per heavy atom. The standard InChI is InChI=1S/C17H18N2O3/c20-16-14(18-8-12-7-10-3-4-11(12)6-10)15(17(16)21)19-9-13-2-1-5-22-13/h1-5,10-12,18-19H,6-9H2/t10-,11+,12-/m1/s1. The van der Waals surface area contributed by atoms with Gasteiger partial charge in [-0.1, -0.05) is 12.2 Å². The molecule has 0 unspecified atom stereocenters. The van der Waals surface area contributed by atoms with Gasteiger partial charge in [0.15, 0.2) is 0 Å². The number of rotatable bonds is 6. The fraction of sp³-hybridized carbons (Fsp3) is 0.412. The van der Waals surface area contributed by atoms with Crippen LogP contribution in [0.25, 0.3) is 0 Å². The minimum atomic E-state index is -0.443. The first-order valence-electron chi connectivity index (χ1n) is 7.74. The highest BCUT2D eigenvalue weighted by Gasteiger charge is 2.35. The second kappa shape index (κ2) is 5.16. The van der Waals surface area contributed by atoms with Crippen molar-refractivity contribution in [3.8, 4) is 0 Å². The fourth-order valence-electron chi connectivity index (χ4n) is 3.68. The summed E-state index contributed by atoms with van der Waals surface area (Å²) in [6.07, 6.45) is 8.59. The Hall–Kier alpha value is -2.30. The third kappa shape index (κ3) is 2.17. The summed E-state index contributed by atoms with van der Waals surface area (Å²) in [5.74, 6) is 2.64. The molecule has 0 spiro atoms. The van der Waals surface area contributed by atoms with Gasteiger partial charge in [-0.05, 0) is 42.7 Å². The van der Waals surface area contributed by atoms with E-state index < -0.39 is 10.9 Å². The highest BCUT2D eigenvalue weighted by Crippen LogP contribution is 2.43. The first-order chi connectivity index (χ1) is 10.7. The van der Waals surface area contributed by atoms with Crippen molar-refractivity contribution < 1.29 is 4.42 Å². The van der Waals surface area contributed by atoms with E-state index in [1.165, 1.54) is 12.8 Å². The first-order valence-corrected chi connectivity index (χ1v) is 7.74. The lowest BCUT2D eigenvalue weighted by molar-refractivity contribution is 0.471. The SMILES string of the molecule is O=c1c(NCc2ccco2)c(NC[C@H]2C[C@@H]3C=C[C@H]2C3)c1=O. The van der Waals surface area contributed by atoms with Crippen LogP contribution in [0.5, 0.6) is 0 Å². The lowest BCUT2D eigenvalue weighted by Gasteiger charge is -2.21. The van der Waals surface area contributed by atoms with E-state index in [9.17, 15) is 9.59 Å². The van der Waals surface area contributed by atoms with Crippen molar-refractivity contribution in [1.82, 2.24) is 0 Å². The van der Waals surface area contributed by atoms with Crippen molar-refractivity contribution in [2.45, 2.75) is 19.4 Å². The van der Waals surface area contributed by atoms with Gasteiger partial charge in [0, 0.05) is 6.54 Å². The zero-order chi connectivity index (χ0) is 15.1. The maximum absolute atomic E-state index is 11.8. The van der Waals surface area contributed by atoms with Gasteiger partial charge in [-0.15, -0.1) is 0 Å². The molecule has 0 aliphatic heterocycles. The molecule has 1 aromatic heterocycles. The summed E-state index contributed by atoms with van der Waals surface area (Å²) in [6.45, 7) is 1.16. The average Bonchev–Trinajstić information content (AvgIpc) is 3.26. The van der Waals surface area contributed by atoms with Crippen molar-refractivity contribution >= 4 is 11.4 Å². The number of allylic oxidation sites excluding steroid dienone is 2. The third-order valence-electron chi connectivity index (χ3n) is 4.89. The fourth-order valence-corrected chi connectivity index (χ4v) is 3.68. The molecule has 4 rings (SSSR count). The minimum Gasteiger partial charge on any atom is -0.467 e. The van der Waals surface area contributed by atoms with Crippen molar-refractivity contribution in [1.29, 1.82) is 0 Å². The van der Waals surface area contributed by atoms with Gasteiger partial charge in [0.05, 0.1) is 12.8 Å². The number of hydrogen-bond donors (Lipinski definition) is 2. The van der Waals surface area contributed by atoms with Gasteiger partial charge in [0.2, 0.25) is 0 Å². The van der Waals surface area contributed by atoms with Crippen LogP contribution < -0.4 is 21.5 Å². The second-order valence-corrected chi connectivity index (χ2v) is 6.26. The van der Waals surface area contributed by atoms with Crippen LogP contribution in [0.3, 0.4) is 0 Å². The van der Waals surface area contributed by atoms with Crippen LogP contribution in [0, 0.1) is 17.8 Å². The molecule has 0 amide bonds. The Kier molecular flexibility index (Phi) is 3.13. The summed E-state index contributed by atoms with van der Waals surface area (Å²) in [7, 11) is 0. The van der Waals surface area contributed by atoms with Gasteiger partial charge in [-0.2, -0.15) is 0 Å². The number of furan rings is 1. The van der Waals surface area contributed by atoms with Crippen LogP contribution in [-0.4, -0.2) is 6.54 Å². The molecular formula is C17H18N2O3. The van der Waals surface area contributed by atoms with E-state index in [1.807, 2.05) is 6.07 Å². The molecule has 1 heterocycles. The predicted octanol–water partition coefficient (Wildman–Crippen LogP) is 2.11. The molecule has 3 atom stereocenters. The van der Waals surface area contributed by atoms with E-state index in [4.69, 9.17) is 4.42 Å². The molecule has 5 heteroatoms. The Bertz CT molecular complexity index is 768. The maximum atomic E-state index is 11.8. The molecule has 114 valence electrons. The van der Waals surface area contributed by atoms with E-state index in [0.717, 1.165) is 12.3 Å². The van der Waals surface area contributed by atoms with Crippen LogP contribution in [-0.2, 0) is 6.54 Å². The van der Waals surface area contributed by atoms with Crippen LogP contribution >= 0.6 is 0 Å². The maximum Gasteiger partial charge on any atom is 0.253 e. The van der Waals surface area contributed by atoms with E-state index in [2.05, 4.69) is 22.8 Å². The van der Waals surface area contributed by atoms with Crippen LogP contribution in [0.15, 0.2) is 44.6 Å². The van der Waals surface area contributed by atoms with E-state index in [-0.39, 0.29) is 0 Å². The first kappa shape index (κ1) is 13.4. The number of nitrogens with one attached hydrogen (secondary N) is 2. The van der Waals surface area contributed by atoms with E-state index in [1.54, 1.807) is 12.3 Å². The Morgan fingerprint density at radius 2 is 1.91 bits per heavy atom. The third-order valence-corrected chi connectivity index (χ3v) is 4.89. The summed E-state index contributed by atoms with van der Waals surface area (Å²) in [6, 6.07) is 3.62. The number of anilines is 2. The van der Waals surface area contributed by atoms with Gasteiger partial charge < -0.3 is 15.1 Å². The molecule has 1 saturated carbocycles. The predicted molar refractivity (Wildman–Crippen MR) is 84.7 cm³/mol. The number of fused-ring (bicyclic) bond motifs is 2. The van der Waals surface area contributed by atoms with Crippen molar-refractivity contribution in [3.05, 3.63) is 56.8 Å². The van der Waals surface area contributed by atoms with Gasteiger partial charge in [0.25, 0.3) is 10.9 Å². The highest BCUT2D eigenvalue weighted by molar-refractivity contribution is 5.73. The molecule has 2 N–H and O–H groups in total. The molecule has 1 fully saturated rings. The quantitative estimate of drug-likeness (QED) is 0.631. The monoisotopic (exact) mass is 298 g/mol. The van der Waals surface area contributed by atoms with Crippen molar-refractivity contribution in [2.24, 2.45) is 17.8 Å². The van der Waals surface area contributed by atoms with Gasteiger partial charge in [-0.25, -0.2) is 0 Å². The molecule has 22 heavy (non-hydrogen) atoms. The van der Waals surface area contributed by atoms with Crippen LogP contribution in [0.4, 0.5) is 11.4 Å². The summed E-state index contributed by atoms with van der Waals surface area (Å²) in [5.41, 5.74) is -0.0362. The van der Waals surface area contributed by atoms with Gasteiger partial charge >= 0.3 is 0 Å². The summed E-state index contributed by atoms with van der Waals surface area (Å²) < 4.78 is 5.22. The Labute approximate surface area is 127 Å². The van der Waals surface area contributed by atoms with Crippen LogP contribution in [0.2, 0.25) is 0 Å². The molecule has 5 nitrogen and oxygen atoms in total. The molecule has 0 saturated heterocycles. The number of hydrogen-bond acceptors (Lipinski definition) is 5. The molecule has 2 aliphatic carbocycles. The van der Waals surface area contributed by atoms with E-state index in [0.29, 0.717) is 35.7 Å². The Balaban J connectivity index is 1.39. The van der Waals surface area contributed by atoms with Gasteiger partial charge in [-0.3, -0.25) is 9.59 Å². The Morgan fingerprint density at radius 3 is 2.55 bits per heavy atom.